The van der Waals surface area contributed by atoms with E-state index in [0.717, 1.165) is 35.3 Å². The van der Waals surface area contributed by atoms with Crippen LogP contribution in [0.25, 0.3) is 10.9 Å². The molecule has 2 N–H and O–H groups in total. The van der Waals surface area contributed by atoms with Crippen LogP contribution in [0, 0.1) is 9.77 Å². The zero-order chi connectivity index (χ0) is 28.8. The molecule has 212 valence electrons. The van der Waals surface area contributed by atoms with Gasteiger partial charge in [-0.1, -0.05) is 41.6 Å². The van der Waals surface area contributed by atoms with Gasteiger partial charge in [0.05, 0.1) is 21.9 Å². The Labute approximate surface area is 250 Å². The predicted octanol–water partition coefficient (Wildman–Crippen LogP) is 6.29. The first-order valence-corrected chi connectivity index (χ1v) is 15.1. The molecule has 0 aliphatic heterocycles. The molecule has 4 rings (SSSR count). The molecule has 0 atom stereocenters. The zero-order valence-electron chi connectivity index (χ0n) is 22.6. The van der Waals surface area contributed by atoms with Gasteiger partial charge in [0.15, 0.2) is 8.29 Å². The van der Waals surface area contributed by atoms with Crippen LogP contribution in [0.1, 0.15) is 13.3 Å². The van der Waals surface area contributed by atoms with Crippen molar-refractivity contribution < 1.29 is 9.18 Å². The second kappa shape index (κ2) is 13.7. The molecule has 14 heteroatoms. The van der Waals surface area contributed by atoms with E-state index in [2.05, 4.69) is 42.4 Å². The first-order valence-electron chi connectivity index (χ1n) is 12.5. The highest BCUT2D eigenvalue weighted by Gasteiger charge is 2.17. The average molecular weight is 621 g/mol. The van der Waals surface area contributed by atoms with Gasteiger partial charge < -0.3 is 20.4 Å². The molecular formula is C26H30ClFN8OS3. The first-order chi connectivity index (χ1) is 19.1. The lowest BCUT2D eigenvalue weighted by Gasteiger charge is -2.25. The van der Waals surface area contributed by atoms with Gasteiger partial charge >= 0.3 is 0 Å². The van der Waals surface area contributed by atoms with E-state index in [4.69, 9.17) is 23.8 Å². The van der Waals surface area contributed by atoms with Crippen LogP contribution in [-0.4, -0.2) is 70.5 Å². The van der Waals surface area contributed by atoms with E-state index < -0.39 is 5.82 Å². The maximum atomic E-state index is 13.7. The molecule has 0 aliphatic carbocycles. The molecule has 0 radical (unpaired) electrons. The summed E-state index contributed by atoms with van der Waals surface area (Å²) in [6.07, 6.45) is 2.48. The van der Waals surface area contributed by atoms with E-state index in [0.29, 0.717) is 32.0 Å². The lowest BCUT2D eigenvalue weighted by Crippen LogP contribution is -2.29. The Hall–Kier alpha value is -2.84. The number of hydrogen-bond acceptors (Lipinski definition) is 10. The molecule has 0 unspecified atom stereocenters. The molecule has 9 nitrogen and oxygen atoms in total. The van der Waals surface area contributed by atoms with Gasteiger partial charge in [0.2, 0.25) is 5.91 Å². The largest absolute Gasteiger partial charge is 0.372 e. The van der Waals surface area contributed by atoms with Crippen LogP contribution in [0.2, 0.25) is 5.02 Å². The predicted molar refractivity (Wildman–Crippen MR) is 167 cm³/mol. The van der Waals surface area contributed by atoms with Crippen LogP contribution in [0.4, 0.5) is 27.3 Å². The molecule has 4 aromatic rings. The number of carbonyl (C=O) groups excluding carboxylic acids is 1. The third-order valence-electron chi connectivity index (χ3n) is 5.81. The molecule has 0 spiro atoms. The van der Waals surface area contributed by atoms with E-state index in [1.807, 2.05) is 33.3 Å². The standard InChI is InChI=1S/C26H30ClFN8OS3/c1-5-10-39-25-33-36(26(38)40-25)14-23(37)32-21-12-17-20(13-22(21)35(4)9-8-34(2)3)29-15-30-24(17)31-16-6-7-19(28)18(27)11-16/h6-7,11-13,15H,5,8-10,14H2,1-4H3,(H,32,37)(H,29,30,31). The van der Waals surface area contributed by atoms with Gasteiger partial charge in [-0.3, -0.25) is 4.79 Å². The number of nitrogens with one attached hydrogen (secondary N) is 2. The second-order valence-electron chi connectivity index (χ2n) is 9.28. The van der Waals surface area contributed by atoms with E-state index in [1.165, 1.54) is 29.8 Å². The molecule has 1 amide bonds. The summed E-state index contributed by atoms with van der Waals surface area (Å²) < 4.78 is 16.6. The van der Waals surface area contributed by atoms with E-state index in [9.17, 15) is 9.18 Å². The minimum atomic E-state index is -0.508. The Balaban J connectivity index is 1.67. The lowest BCUT2D eigenvalue weighted by molar-refractivity contribution is -0.116. The molecular weight excluding hydrogens is 591 g/mol. The summed E-state index contributed by atoms with van der Waals surface area (Å²) in [7, 11) is 5.98. The van der Waals surface area contributed by atoms with Crippen molar-refractivity contribution >= 4 is 86.6 Å². The number of hydrogen-bond donors (Lipinski definition) is 2. The van der Waals surface area contributed by atoms with Gasteiger partial charge in [-0.15, -0.1) is 0 Å². The van der Waals surface area contributed by atoms with Gasteiger partial charge in [-0.25, -0.2) is 19.0 Å². The Morgan fingerprint density at radius 1 is 1.20 bits per heavy atom. The molecule has 0 bridgehead atoms. The number of rotatable bonds is 12. The molecule has 40 heavy (non-hydrogen) atoms. The topological polar surface area (TPSA) is 91.2 Å². The quantitative estimate of drug-likeness (QED) is 0.140. The Kier molecular flexibility index (Phi) is 10.3. The monoisotopic (exact) mass is 620 g/mol. The van der Waals surface area contributed by atoms with Crippen LogP contribution in [0.15, 0.2) is 41.0 Å². The fourth-order valence-electron chi connectivity index (χ4n) is 3.75. The highest BCUT2D eigenvalue weighted by atomic mass is 35.5. The van der Waals surface area contributed by atoms with Crippen LogP contribution in [0.3, 0.4) is 0 Å². The fraction of sp³-hybridized carbons (Fsp3) is 0.346. The zero-order valence-corrected chi connectivity index (χ0v) is 25.8. The van der Waals surface area contributed by atoms with Crippen LogP contribution in [0.5, 0.6) is 0 Å². The minimum absolute atomic E-state index is 0.00183. The summed E-state index contributed by atoms with van der Waals surface area (Å²) in [5.41, 5.74) is 2.64. The van der Waals surface area contributed by atoms with E-state index in [1.54, 1.807) is 22.5 Å². The number of carbonyl (C=O) groups is 1. The highest BCUT2D eigenvalue weighted by molar-refractivity contribution is 8.01. The minimum Gasteiger partial charge on any atom is -0.372 e. The molecule has 2 heterocycles. The maximum Gasteiger partial charge on any atom is 0.246 e. The summed E-state index contributed by atoms with van der Waals surface area (Å²) in [6.45, 7) is 3.64. The van der Waals surface area contributed by atoms with Gasteiger partial charge in [-0.05, 0) is 63.1 Å². The summed E-state index contributed by atoms with van der Waals surface area (Å²) in [5.74, 6) is 0.666. The number of likely N-dealkylation sites (N-methyl/N-ethyl adjacent to an activating group) is 2. The number of aromatic nitrogens is 4. The lowest BCUT2D eigenvalue weighted by atomic mass is 10.1. The van der Waals surface area contributed by atoms with E-state index >= 15 is 0 Å². The summed E-state index contributed by atoms with van der Waals surface area (Å²) in [4.78, 5) is 26.3. The maximum absolute atomic E-state index is 13.7. The van der Waals surface area contributed by atoms with Gasteiger partial charge in [0.1, 0.15) is 24.5 Å². The van der Waals surface area contributed by atoms with Gasteiger partial charge in [0, 0.05) is 37.0 Å². The smallest absolute Gasteiger partial charge is 0.246 e. The highest BCUT2D eigenvalue weighted by Crippen LogP contribution is 2.34. The van der Waals surface area contributed by atoms with Crippen molar-refractivity contribution in [1.82, 2.24) is 24.6 Å². The SMILES string of the molecule is CCCSc1nn(CC(=O)Nc2cc3c(Nc4ccc(F)c(Cl)c4)ncnc3cc2N(C)CCN(C)C)c(=S)s1. The third-order valence-corrected chi connectivity index (χ3v) is 8.75. The van der Waals surface area contributed by atoms with Gasteiger partial charge in [-0.2, -0.15) is 5.10 Å². The summed E-state index contributed by atoms with van der Waals surface area (Å²) >= 11 is 14.5. The fourth-order valence-corrected chi connectivity index (χ4v) is 6.19. The normalized spacial score (nSPS) is 11.3. The number of amides is 1. The average Bonchev–Trinajstić information content (AvgIpc) is 3.26. The van der Waals surface area contributed by atoms with Crippen molar-refractivity contribution in [2.24, 2.45) is 0 Å². The number of halogens is 2. The number of thioether (sulfide) groups is 1. The third kappa shape index (κ3) is 7.67. The molecule has 0 saturated carbocycles. The number of fused-ring (bicyclic) bond motifs is 1. The number of anilines is 4. The van der Waals surface area contributed by atoms with Crippen molar-refractivity contribution in [3.8, 4) is 0 Å². The van der Waals surface area contributed by atoms with Crippen LogP contribution in [-0.2, 0) is 11.3 Å². The first kappa shape index (κ1) is 30.1. The Bertz CT molecular complexity index is 1560. The second-order valence-corrected chi connectivity index (χ2v) is 12.6. The van der Waals surface area contributed by atoms with E-state index in [-0.39, 0.29) is 17.5 Å². The van der Waals surface area contributed by atoms with Gasteiger partial charge in [0.25, 0.3) is 0 Å². The van der Waals surface area contributed by atoms with Crippen molar-refractivity contribution in [2.75, 3.05) is 55.5 Å². The van der Waals surface area contributed by atoms with Crippen molar-refractivity contribution in [3.63, 3.8) is 0 Å². The molecule has 0 aliphatic rings. The molecule has 2 aromatic heterocycles. The molecule has 2 aromatic carbocycles. The Morgan fingerprint density at radius 3 is 2.73 bits per heavy atom. The Morgan fingerprint density at radius 2 is 2.00 bits per heavy atom. The number of benzene rings is 2. The summed E-state index contributed by atoms with van der Waals surface area (Å²) in [5, 5.41) is 11.4. The molecule has 0 saturated heterocycles. The van der Waals surface area contributed by atoms with Crippen LogP contribution >= 0.6 is 46.9 Å². The number of nitrogens with zero attached hydrogens (tertiary/aromatic N) is 6. The summed E-state index contributed by atoms with van der Waals surface area (Å²) in [6, 6.07) is 8.10. The van der Waals surface area contributed by atoms with Crippen molar-refractivity contribution in [3.05, 3.63) is 51.5 Å². The van der Waals surface area contributed by atoms with Crippen molar-refractivity contribution in [1.29, 1.82) is 0 Å². The van der Waals surface area contributed by atoms with Crippen LogP contribution < -0.4 is 15.5 Å². The van der Waals surface area contributed by atoms with Crippen molar-refractivity contribution in [2.45, 2.75) is 24.2 Å². The molecule has 0 fully saturated rings.